The van der Waals surface area contributed by atoms with Crippen molar-refractivity contribution in [3.8, 4) is 0 Å². The van der Waals surface area contributed by atoms with Crippen LogP contribution in [-0.2, 0) is 56.8 Å². The minimum Gasteiger partial charge on any atom is -0.394 e. The summed E-state index contributed by atoms with van der Waals surface area (Å²) in [6.07, 6.45) is 4.97. The average molecular weight is 757 g/mol. The molecule has 0 atom stereocenters. The first kappa shape index (κ1) is 44.2. The smallest absolute Gasteiger partial charge is 0.0701 e. The molecule has 0 aliphatic carbocycles. The van der Waals surface area contributed by atoms with Gasteiger partial charge in [-0.2, -0.15) is 0 Å². The summed E-state index contributed by atoms with van der Waals surface area (Å²) in [7, 11) is 0. The fourth-order valence-electron chi connectivity index (χ4n) is 3.24. The highest BCUT2D eigenvalue weighted by Gasteiger charge is 1.97. The molecule has 0 bridgehead atoms. The van der Waals surface area contributed by atoms with Crippen LogP contribution in [0, 0.1) is 0 Å². The topological polar surface area (TPSA) is 131 Å². The van der Waals surface area contributed by atoms with Crippen LogP contribution in [0.25, 0.3) is 0 Å². The summed E-state index contributed by atoms with van der Waals surface area (Å²) in [4.78, 5) is 0. The SMILES string of the molecule is OCCOCCOCCOCCOCCOCCOCCOCCOCCOCCOCCOCCOCCCCCCI. The van der Waals surface area contributed by atoms with E-state index in [1.807, 2.05) is 0 Å². The van der Waals surface area contributed by atoms with E-state index in [0.717, 1.165) is 13.0 Å². The van der Waals surface area contributed by atoms with Crippen molar-refractivity contribution in [3.63, 3.8) is 0 Å². The van der Waals surface area contributed by atoms with Gasteiger partial charge in [-0.1, -0.05) is 35.4 Å². The maximum absolute atomic E-state index is 8.57. The van der Waals surface area contributed by atoms with E-state index in [2.05, 4.69) is 22.6 Å². The van der Waals surface area contributed by atoms with Crippen LogP contribution in [0.5, 0.6) is 0 Å². The van der Waals surface area contributed by atoms with Gasteiger partial charge in [0.05, 0.1) is 159 Å². The Morgan fingerprint density at radius 2 is 0.455 bits per heavy atom. The number of alkyl halides is 1. The van der Waals surface area contributed by atoms with Crippen LogP contribution in [0.2, 0.25) is 0 Å². The van der Waals surface area contributed by atoms with Gasteiger partial charge in [0, 0.05) is 6.61 Å². The van der Waals surface area contributed by atoms with Gasteiger partial charge >= 0.3 is 0 Å². The summed E-state index contributed by atoms with van der Waals surface area (Å²) in [6.45, 7) is 12.8. The number of unbranched alkanes of at least 4 members (excludes halogenated alkanes) is 3. The van der Waals surface area contributed by atoms with Crippen molar-refractivity contribution in [2.45, 2.75) is 25.7 Å². The Balaban J connectivity index is 3.03. The normalized spacial score (nSPS) is 11.6. The molecule has 0 heterocycles. The van der Waals surface area contributed by atoms with E-state index in [-0.39, 0.29) is 6.61 Å². The number of halogens is 1. The van der Waals surface area contributed by atoms with Crippen molar-refractivity contribution < 1.29 is 61.9 Å². The zero-order chi connectivity index (χ0) is 31.7. The summed E-state index contributed by atoms with van der Waals surface area (Å²) in [5.74, 6) is 0. The molecular formula is C30H61IO13. The molecule has 0 radical (unpaired) electrons. The molecule has 0 unspecified atom stereocenters. The van der Waals surface area contributed by atoms with E-state index < -0.39 is 0 Å². The van der Waals surface area contributed by atoms with Gasteiger partial charge in [0.1, 0.15) is 0 Å². The molecule has 0 aliphatic rings. The Labute approximate surface area is 279 Å². The second-order valence-electron chi connectivity index (χ2n) is 9.18. The van der Waals surface area contributed by atoms with E-state index >= 15 is 0 Å². The van der Waals surface area contributed by atoms with Crippen LogP contribution in [0.3, 0.4) is 0 Å². The summed E-state index contributed by atoms with van der Waals surface area (Å²) in [5.41, 5.74) is 0. The molecule has 0 aromatic heterocycles. The summed E-state index contributed by atoms with van der Waals surface area (Å²) in [5, 5.41) is 8.57. The number of aliphatic hydroxyl groups is 1. The second-order valence-corrected chi connectivity index (χ2v) is 10.3. The van der Waals surface area contributed by atoms with E-state index in [0.29, 0.717) is 152 Å². The number of rotatable bonds is 41. The van der Waals surface area contributed by atoms with E-state index in [1.165, 1.54) is 23.7 Å². The lowest BCUT2D eigenvalue weighted by Crippen LogP contribution is -2.15. The molecule has 1 N–H and O–H groups in total. The highest BCUT2D eigenvalue weighted by Crippen LogP contribution is 2.02. The molecule has 0 spiro atoms. The molecule has 0 rings (SSSR count). The molecule has 0 saturated carbocycles. The number of hydrogen-bond acceptors (Lipinski definition) is 13. The maximum atomic E-state index is 8.57. The van der Waals surface area contributed by atoms with Crippen molar-refractivity contribution in [2.24, 2.45) is 0 Å². The Morgan fingerprint density at radius 3 is 0.682 bits per heavy atom. The zero-order valence-electron chi connectivity index (χ0n) is 26.9. The first-order chi connectivity index (χ1) is 21.9. The maximum Gasteiger partial charge on any atom is 0.0701 e. The zero-order valence-corrected chi connectivity index (χ0v) is 29.1. The fourth-order valence-corrected chi connectivity index (χ4v) is 3.78. The number of aliphatic hydroxyl groups excluding tert-OH is 1. The van der Waals surface area contributed by atoms with Crippen LogP contribution in [0.1, 0.15) is 25.7 Å². The van der Waals surface area contributed by atoms with Crippen LogP contribution < -0.4 is 0 Å². The minimum absolute atomic E-state index is 0.0269. The minimum atomic E-state index is 0.0269. The van der Waals surface area contributed by atoms with Crippen LogP contribution >= 0.6 is 22.6 Å². The third kappa shape index (κ3) is 42.2. The third-order valence-corrected chi connectivity index (χ3v) is 6.26. The number of ether oxygens (including phenoxy) is 12. The Hall–Kier alpha value is 0.210. The molecule has 0 aromatic carbocycles. The average Bonchev–Trinajstić information content (AvgIpc) is 3.04. The van der Waals surface area contributed by atoms with Gasteiger partial charge in [-0.15, -0.1) is 0 Å². The highest BCUT2D eigenvalue weighted by atomic mass is 127. The molecule has 0 saturated heterocycles. The molecule has 0 aromatic rings. The molecular weight excluding hydrogens is 695 g/mol. The fraction of sp³-hybridized carbons (Fsp3) is 1.00. The van der Waals surface area contributed by atoms with Crippen LogP contribution in [-0.4, -0.2) is 175 Å². The van der Waals surface area contributed by atoms with Crippen LogP contribution in [0.15, 0.2) is 0 Å². The standard InChI is InChI=1S/C30H61IO13/c31-5-3-1-2-4-7-33-9-11-35-13-15-37-17-19-39-21-23-41-25-27-43-29-30-44-28-26-42-24-22-40-20-18-38-16-14-36-12-10-34-8-6-32/h32H,1-30H2. The Kier molecular flexibility index (Phi) is 43.4. The molecule has 266 valence electrons. The van der Waals surface area contributed by atoms with Crippen molar-refractivity contribution >= 4 is 22.6 Å². The van der Waals surface area contributed by atoms with E-state index in [4.69, 9.17) is 61.9 Å². The summed E-state index contributed by atoms with van der Waals surface area (Å²) in [6, 6.07) is 0. The monoisotopic (exact) mass is 756 g/mol. The largest absolute Gasteiger partial charge is 0.394 e. The lowest BCUT2D eigenvalue weighted by atomic mass is 10.2. The lowest BCUT2D eigenvalue weighted by Gasteiger charge is -2.09. The van der Waals surface area contributed by atoms with Crippen molar-refractivity contribution in [2.75, 3.05) is 170 Å². The molecule has 14 heteroatoms. The highest BCUT2D eigenvalue weighted by molar-refractivity contribution is 14.1. The molecule has 0 amide bonds. The number of hydrogen-bond donors (Lipinski definition) is 1. The first-order valence-corrected chi connectivity index (χ1v) is 17.5. The van der Waals surface area contributed by atoms with Gasteiger partial charge < -0.3 is 61.9 Å². The van der Waals surface area contributed by atoms with Gasteiger partial charge in [-0.05, 0) is 17.3 Å². The molecule has 0 aliphatic heterocycles. The predicted octanol–water partition coefficient (Wildman–Crippen LogP) is 2.17. The van der Waals surface area contributed by atoms with Crippen molar-refractivity contribution in [3.05, 3.63) is 0 Å². The lowest BCUT2D eigenvalue weighted by molar-refractivity contribution is -0.0286. The Bertz CT molecular complexity index is 456. The summed E-state index contributed by atoms with van der Waals surface area (Å²) < 4.78 is 66.4. The summed E-state index contributed by atoms with van der Waals surface area (Å²) >= 11 is 2.42. The first-order valence-electron chi connectivity index (χ1n) is 16.0. The van der Waals surface area contributed by atoms with Gasteiger partial charge in [0.25, 0.3) is 0 Å². The van der Waals surface area contributed by atoms with Gasteiger partial charge in [-0.25, -0.2) is 0 Å². The van der Waals surface area contributed by atoms with Crippen LogP contribution in [0.4, 0.5) is 0 Å². The molecule has 0 fully saturated rings. The van der Waals surface area contributed by atoms with Crippen molar-refractivity contribution in [1.29, 1.82) is 0 Å². The molecule has 13 nitrogen and oxygen atoms in total. The van der Waals surface area contributed by atoms with Gasteiger partial charge in [0.2, 0.25) is 0 Å². The quantitative estimate of drug-likeness (QED) is 0.0557. The second kappa shape index (κ2) is 43.2. The Morgan fingerprint density at radius 1 is 0.250 bits per heavy atom. The van der Waals surface area contributed by atoms with E-state index in [9.17, 15) is 0 Å². The predicted molar refractivity (Wildman–Crippen MR) is 174 cm³/mol. The van der Waals surface area contributed by atoms with E-state index in [1.54, 1.807) is 0 Å². The van der Waals surface area contributed by atoms with Gasteiger partial charge in [-0.3, -0.25) is 0 Å². The molecule has 44 heavy (non-hydrogen) atoms. The van der Waals surface area contributed by atoms with Gasteiger partial charge in [0.15, 0.2) is 0 Å². The van der Waals surface area contributed by atoms with Crippen molar-refractivity contribution in [1.82, 2.24) is 0 Å². The third-order valence-electron chi connectivity index (χ3n) is 5.50.